The van der Waals surface area contributed by atoms with Crippen molar-refractivity contribution < 1.29 is 23.0 Å². The highest BCUT2D eigenvalue weighted by Gasteiger charge is 2.25. The number of fused-ring (bicyclic) bond motifs is 1. The van der Waals surface area contributed by atoms with Crippen LogP contribution < -0.4 is 14.4 Å². The predicted molar refractivity (Wildman–Crippen MR) is 100 cm³/mol. The summed E-state index contributed by atoms with van der Waals surface area (Å²) in [4.78, 5) is 14.8. The Hall–Kier alpha value is -2.63. The third-order valence-electron chi connectivity index (χ3n) is 4.76. The Kier molecular flexibility index (Phi) is 5.63. The van der Waals surface area contributed by atoms with E-state index in [0.717, 1.165) is 24.1 Å². The highest BCUT2D eigenvalue weighted by Crippen LogP contribution is 2.34. The number of nitrogens with zero attached hydrogens (tertiary/aromatic N) is 1. The van der Waals surface area contributed by atoms with Crippen LogP contribution in [0, 0.1) is 0 Å². The van der Waals surface area contributed by atoms with Crippen LogP contribution in [0.25, 0.3) is 0 Å². The Bertz CT molecular complexity index is 836. The molecular weight excluding hydrogens is 352 g/mol. The lowest BCUT2D eigenvalue weighted by molar-refractivity contribution is -0.0512. The number of halogens is 2. The van der Waals surface area contributed by atoms with Gasteiger partial charge in [0.15, 0.2) is 11.5 Å². The lowest BCUT2D eigenvalue weighted by Gasteiger charge is -2.30. The highest BCUT2D eigenvalue weighted by molar-refractivity contribution is 6.07. The molecule has 27 heavy (non-hydrogen) atoms. The van der Waals surface area contributed by atoms with Crippen LogP contribution in [-0.4, -0.2) is 26.2 Å². The number of methoxy groups -OCH3 is 1. The van der Waals surface area contributed by atoms with Gasteiger partial charge in [-0.15, -0.1) is 0 Å². The molecule has 0 N–H and O–H groups in total. The average Bonchev–Trinajstić information content (AvgIpc) is 2.66. The molecule has 1 aliphatic rings. The van der Waals surface area contributed by atoms with Crippen molar-refractivity contribution in [3.05, 3.63) is 53.1 Å². The molecule has 0 radical (unpaired) electrons. The zero-order chi connectivity index (χ0) is 19.6. The molecule has 0 saturated heterocycles. The second-order valence-corrected chi connectivity index (χ2v) is 6.85. The van der Waals surface area contributed by atoms with Gasteiger partial charge in [0.05, 0.1) is 7.11 Å². The third-order valence-corrected chi connectivity index (χ3v) is 4.76. The topological polar surface area (TPSA) is 38.8 Å². The molecule has 0 unspecified atom stereocenters. The molecule has 0 fully saturated rings. The number of alkyl halides is 2. The molecule has 0 bridgehead atoms. The summed E-state index contributed by atoms with van der Waals surface area (Å²) in [7, 11) is 1.36. The van der Waals surface area contributed by atoms with Crippen molar-refractivity contribution in [3.63, 3.8) is 0 Å². The summed E-state index contributed by atoms with van der Waals surface area (Å²) in [6.07, 6.45) is 1.78. The van der Waals surface area contributed by atoms with Gasteiger partial charge >= 0.3 is 6.61 Å². The molecule has 0 spiro atoms. The molecule has 1 amide bonds. The number of benzene rings is 2. The molecule has 2 aromatic carbocycles. The van der Waals surface area contributed by atoms with E-state index in [1.54, 1.807) is 11.0 Å². The van der Waals surface area contributed by atoms with Crippen molar-refractivity contribution in [2.24, 2.45) is 0 Å². The molecule has 6 heteroatoms. The summed E-state index contributed by atoms with van der Waals surface area (Å²) < 4.78 is 34.8. The van der Waals surface area contributed by atoms with Crippen LogP contribution in [0.4, 0.5) is 14.5 Å². The van der Waals surface area contributed by atoms with E-state index >= 15 is 0 Å². The van der Waals surface area contributed by atoms with Crippen molar-refractivity contribution in [2.45, 2.75) is 39.2 Å². The summed E-state index contributed by atoms with van der Waals surface area (Å²) in [6, 6.07) is 10.5. The van der Waals surface area contributed by atoms with E-state index in [4.69, 9.17) is 4.74 Å². The molecule has 144 valence electrons. The second-order valence-electron chi connectivity index (χ2n) is 6.85. The number of hydrogen-bond donors (Lipinski definition) is 0. The van der Waals surface area contributed by atoms with Gasteiger partial charge in [-0.3, -0.25) is 4.79 Å². The van der Waals surface area contributed by atoms with Crippen molar-refractivity contribution in [1.29, 1.82) is 0 Å². The zero-order valence-electron chi connectivity index (χ0n) is 15.7. The zero-order valence-corrected chi connectivity index (χ0v) is 15.7. The lowest BCUT2D eigenvalue weighted by atomic mass is 9.94. The van der Waals surface area contributed by atoms with E-state index in [-0.39, 0.29) is 23.0 Å². The summed E-state index contributed by atoms with van der Waals surface area (Å²) in [5.74, 6) is 0.185. The predicted octanol–water partition coefficient (Wildman–Crippen LogP) is 5.01. The van der Waals surface area contributed by atoms with E-state index in [0.29, 0.717) is 12.5 Å². The van der Waals surface area contributed by atoms with Crippen molar-refractivity contribution in [3.8, 4) is 11.5 Å². The molecule has 4 nitrogen and oxygen atoms in total. The van der Waals surface area contributed by atoms with Crippen LogP contribution in [-0.2, 0) is 6.42 Å². The summed E-state index contributed by atoms with van der Waals surface area (Å²) >= 11 is 0. The number of anilines is 1. The standard InChI is InChI=1S/C21H23F2NO3/c1-13(2)14-6-8-17-15(11-14)5-4-10-24(17)20(25)16-7-9-18(26-3)19(12-16)27-21(22)23/h6-9,11-13,21H,4-5,10H2,1-3H3. The van der Waals surface area contributed by atoms with Crippen LogP contribution in [0.5, 0.6) is 11.5 Å². The lowest BCUT2D eigenvalue weighted by Crippen LogP contribution is -2.35. The van der Waals surface area contributed by atoms with Crippen molar-refractivity contribution >= 4 is 11.6 Å². The highest BCUT2D eigenvalue weighted by atomic mass is 19.3. The SMILES string of the molecule is COc1ccc(C(=O)N2CCCc3cc(C(C)C)ccc32)cc1OC(F)F. The molecule has 1 aliphatic heterocycles. The van der Waals surface area contributed by atoms with Crippen LogP contribution >= 0.6 is 0 Å². The number of carbonyl (C=O) groups is 1. The van der Waals surface area contributed by atoms with E-state index in [9.17, 15) is 13.6 Å². The third kappa shape index (κ3) is 4.04. The first-order valence-electron chi connectivity index (χ1n) is 8.98. The molecule has 2 aromatic rings. The fourth-order valence-corrected chi connectivity index (χ4v) is 3.34. The smallest absolute Gasteiger partial charge is 0.387 e. The van der Waals surface area contributed by atoms with Gasteiger partial charge in [0.2, 0.25) is 0 Å². The maximum Gasteiger partial charge on any atom is 0.387 e. The second kappa shape index (κ2) is 7.94. The Morgan fingerprint density at radius 2 is 1.89 bits per heavy atom. The quantitative estimate of drug-likeness (QED) is 0.737. The van der Waals surface area contributed by atoms with Gasteiger partial charge in [-0.1, -0.05) is 26.0 Å². The van der Waals surface area contributed by atoms with Gasteiger partial charge < -0.3 is 14.4 Å². The van der Waals surface area contributed by atoms with Crippen LogP contribution in [0.3, 0.4) is 0 Å². The van der Waals surface area contributed by atoms with E-state index in [2.05, 4.69) is 24.7 Å². The molecule has 3 rings (SSSR count). The number of ether oxygens (including phenoxy) is 2. The normalized spacial score (nSPS) is 13.7. The van der Waals surface area contributed by atoms with Crippen LogP contribution in [0.1, 0.15) is 47.7 Å². The first kappa shape index (κ1) is 19.1. The first-order valence-corrected chi connectivity index (χ1v) is 8.98. The summed E-state index contributed by atoms with van der Waals surface area (Å²) in [6.45, 7) is 1.86. The minimum Gasteiger partial charge on any atom is -0.493 e. The average molecular weight is 375 g/mol. The Labute approximate surface area is 157 Å². The maximum atomic E-state index is 13.1. The number of amides is 1. The fourth-order valence-electron chi connectivity index (χ4n) is 3.34. The molecular formula is C21H23F2NO3. The molecule has 1 heterocycles. The van der Waals surface area contributed by atoms with Crippen molar-refractivity contribution in [2.75, 3.05) is 18.6 Å². The van der Waals surface area contributed by atoms with Crippen molar-refractivity contribution in [1.82, 2.24) is 0 Å². The number of aryl methyl sites for hydroxylation is 1. The largest absolute Gasteiger partial charge is 0.493 e. The molecule has 0 saturated carbocycles. The van der Waals surface area contributed by atoms with E-state index in [1.807, 2.05) is 12.1 Å². The fraction of sp³-hybridized carbons (Fsp3) is 0.381. The van der Waals surface area contributed by atoms with Gasteiger partial charge in [-0.2, -0.15) is 8.78 Å². The van der Waals surface area contributed by atoms with Gasteiger partial charge in [0, 0.05) is 17.8 Å². The van der Waals surface area contributed by atoms with Gasteiger partial charge in [-0.05, 0) is 54.2 Å². The Balaban J connectivity index is 1.93. The summed E-state index contributed by atoms with van der Waals surface area (Å²) in [5, 5.41) is 0. The minimum atomic E-state index is -2.99. The Morgan fingerprint density at radius 1 is 1.11 bits per heavy atom. The van der Waals surface area contributed by atoms with Gasteiger partial charge in [0.25, 0.3) is 5.91 Å². The van der Waals surface area contributed by atoms with Crippen LogP contribution in [0.2, 0.25) is 0 Å². The molecule has 0 aliphatic carbocycles. The van der Waals surface area contributed by atoms with Crippen LogP contribution in [0.15, 0.2) is 36.4 Å². The number of hydrogen-bond acceptors (Lipinski definition) is 3. The van der Waals surface area contributed by atoms with Gasteiger partial charge in [-0.25, -0.2) is 0 Å². The molecule has 0 atom stereocenters. The van der Waals surface area contributed by atoms with E-state index < -0.39 is 6.61 Å². The monoisotopic (exact) mass is 375 g/mol. The first-order chi connectivity index (χ1) is 12.9. The Morgan fingerprint density at radius 3 is 2.56 bits per heavy atom. The minimum absolute atomic E-state index is 0.147. The van der Waals surface area contributed by atoms with E-state index in [1.165, 1.54) is 24.8 Å². The number of rotatable bonds is 5. The number of carbonyl (C=O) groups excluding carboxylic acids is 1. The summed E-state index contributed by atoms with van der Waals surface area (Å²) in [5.41, 5.74) is 3.54. The van der Waals surface area contributed by atoms with Gasteiger partial charge in [0.1, 0.15) is 0 Å². The molecule has 0 aromatic heterocycles. The maximum absolute atomic E-state index is 13.1.